The maximum Gasteiger partial charge on any atom is 0.253 e. The van der Waals surface area contributed by atoms with E-state index in [-0.39, 0.29) is 30.7 Å². The molecule has 2 atom stereocenters. The second kappa shape index (κ2) is 7.29. The van der Waals surface area contributed by atoms with Gasteiger partial charge in [-0.15, -0.1) is 24.8 Å². The largest absolute Gasteiger partial charge is 0.338 e. The van der Waals surface area contributed by atoms with Gasteiger partial charge in [0.1, 0.15) is 12.7 Å². The normalized spacial score (nSPS) is 22.2. The summed E-state index contributed by atoms with van der Waals surface area (Å²) in [6.45, 7) is 3.80. The Bertz CT molecular complexity index is 652. The molecule has 0 unspecified atom stereocenters. The van der Waals surface area contributed by atoms with Gasteiger partial charge in [-0.05, 0) is 30.0 Å². The number of benzene rings is 1. The monoisotopic (exact) mass is 355 g/mol. The highest BCUT2D eigenvalue weighted by Crippen LogP contribution is 2.27. The van der Waals surface area contributed by atoms with Gasteiger partial charge in [-0.25, -0.2) is 9.67 Å². The van der Waals surface area contributed by atoms with Gasteiger partial charge in [0, 0.05) is 31.7 Å². The maximum atomic E-state index is 12.7. The molecule has 3 heterocycles. The molecule has 0 radical (unpaired) electrons. The average Bonchev–Trinajstić information content (AvgIpc) is 3.22. The minimum absolute atomic E-state index is 0. The van der Waals surface area contributed by atoms with Crippen molar-refractivity contribution in [2.75, 3.05) is 26.2 Å². The predicted molar refractivity (Wildman–Crippen MR) is 91.6 cm³/mol. The van der Waals surface area contributed by atoms with Gasteiger partial charge in [0.25, 0.3) is 5.91 Å². The molecule has 1 aromatic heterocycles. The minimum Gasteiger partial charge on any atom is -0.338 e. The fourth-order valence-electron chi connectivity index (χ4n) is 3.33. The number of fused-ring (bicyclic) bond motifs is 1. The number of carbonyl (C=O) groups is 1. The summed E-state index contributed by atoms with van der Waals surface area (Å²) in [7, 11) is 0. The van der Waals surface area contributed by atoms with Crippen LogP contribution in [0, 0.1) is 11.8 Å². The van der Waals surface area contributed by atoms with E-state index in [1.165, 1.54) is 6.33 Å². The van der Waals surface area contributed by atoms with E-state index in [1.807, 2.05) is 29.2 Å². The van der Waals surface area contributed by atoms with E-state index >= 15 is 0 Å². The molecule has 8 heteroatoms. The van der Waals surface area contributed by atoms with Gasteiger partial charge >= 0.3 is 0 Å². The summed E-state index contributed by atoms with van der Waals surface area (Å²) in [4.78, 5) is 18.6. The van der Waals surface area contributed by atoms with E-state index in [4.69, 9.17) is 0 Å². The molecule has 2 aliphatic heterocycles. The van der Waals surface area contributed by atoms with Gasteiger partial charge in [-0.3, -0.25) is 4.79 Å². The van der Waals surface area contributed by atoms with Crippen LogP contribution in [0.4, 0.5) is 0 Å². The number of likely N-dealkylation sites (tertiary alicyclic amines) is 1. The van der Waals surface area contributed by atoms with Crippen molar-refractivity contribution in [1.82, 2.24) is 25.0 Å². The highest BCUT2D eigenvalue weighted by atomic mass is 35.5. The van der Waals surface area contributed by atoms with Crippen LogP contribution in [0.3, 0.4) is 0 Å². The van der Waals surface area contributed by atoms with Crippen LogP contribution in [0.25, 0.3) is 5.69 Å². The van der Waals surface area contributed by atoms with Crippen LogP contribution in [-0.2, 0) is 0 Å². The van der Waals surface area contributed by atoms with E-state index in [2.05, 4.69) is 15.4 Å². The van der Waals surface area contributed by atoms with Gasteiger partial charge in [0.05, 0.1) is 5.69 Å². The molecule has 0 spiro atoms. The second-order valence-corrected chi connectivity index (χ2v) is 5.78. The van der Waals surface area contributed by atoms with Gasteiger partial charge in [0.2, 0.25) is 0 Å². The smallest absolute Gasteiger partial charge is 0.253 e. The van der Waals surface area contributed by atoms with Crippen LogP contribution in [0.15, 0.2) is 36.9 Å². The van der Waals surface area contributed by atoms with Gasteiger partial charge in [-0.1, -0.05) is 6.07 Å². The first-order chi connectivity index (χ1) is 10.3. The van der Waals surface area contributed by atoms with E-state index in [0.29, 0.717) is 11.8 Å². The molecule has 0 saturated carbocycles. The van der Waals surface area contributed by atoms with Crippen LogP contribution in [0.2, 0.25) is 0 Å². The Morgan fingerprint density at radius 2 is 1.91 bits per heavy atom. The Morgan fingerprint density at radius 3 is 2.57 bits per heavy atom. The number of hydrogen-bond acceptors (Lipinski definition) is 4. The zero-order valence-corrected chi connectivity index (χ0v) is 14.1. The van der Waals surface area contributed by atoms with Crippen molar-refractivity contribution < 1.29 is 4.79 Å². The molecule has 1 N–H and O–H groups in total. The molecule has 2 fully saturated rings. The van der Waals surface area contributed by atoms with Crippen LogP contribution in [0.1, 0.15) is 10.4 Å². The first kappa shape index (κ1) is 17.7. The fourth-order valence-corrected chi connectivity index (χ4v) is 3.33. The summed E-state index contributed by atoms with van der Waals surface area (Å²) in [5.74, 6) is 1.35. The molecule has 23 heavy (non-hydrogen) atoms. The number of amides is 1. The lowest BCUT2D eigenvalue weighted by Crippen LogP contribution is -2.31. The zero-order valence-electron chi connectivity index (χ0n) is 12.5. The molecular formula is C15H19Cl2N5O. The van der Waals surface area contributed by atoms with Crippen molar-refractivity contribution in [3.8, 4) is 5.69 Å². The van der Waals surface area contributed by atoms with Crippen LogP contribution in [0.5, 0.6) is 0 Å². The molecule has 0 bridgehead atoms. The van der Waals surface area contributed by atoms with E-state index in [0.717, 1.165) is 37.4 Å². The lowest BCUT2D eigenvalue weighted by atomic mass is 10.0. The third-order valence-corrected chi connectivity index (χ3v) is 4.45. The topological polar surface area (TPSA) is 63.1 Å². The van der Waals surface area contributed by atoms with E-state index < -0.39 is 0 Å². The first-order valence-electron chi connectivity index (χ1n) is 7.26. The molecule has 1 amide bonds. The van der Waals surface area contributed by atoms with Crippen molar-refractivity contribution in [3.05, 3.63) is 42.5 Å². The van der Waals surface area contributed by atoms with Crippen molar-refractivity contribution in [2.45, 2.75) is 0 Å². The van der Waals surface area contributed by atoms with Crippen LogP contribution >= 0.6 is 24.8 Å². The van der Waals surface area contributed by atoms with Crippen LogP contribution in [-0.4, -0.2) is 51.8 Å². The Kier molecular flexibility index (Phi) is 5.62. The van der Waals surface area contributed by atoms with Crippen molar-refractivity contribution in [2.24, 2.45) is 11.8 Å². The molecule has 2 aromatic rings. The average molecular weight is 356 g/mol. The van der Waals surface area contributed by atoms with Gasteiger partial charge in [-0.2, -0.15) is 5.10 Å². The zero-order chi connectivity index (χ0) is 14.2. The molecular weight excluding hydrogens is 337 g/mol. The summed E-state index contributed by atoms with van der Waals surface area (Å²) in [6.07, 6.45) is 3.12. The SMILES string of the molecule is Cl.Cl.O=C(c1cccc(-n2cncn2)c1)N1C[C@H]2CNC[C@H]2C1. The summed E-state index contributed by atoms with van der Waals surface area (Å²) in [5.41, 5.74) is 1.58. The van der Waals surface area contributed by atoms with E-state index in [1.54, 1.807) is 11.0 Å². The molecule has 4 rings (SSSR count). The number of carbonyl (C=O) groups excluding carboxylic acids is 1. The molecule has 1 aromatic carbocycles. The summed E-state index contributed by atoms with van der Waals surface area (Å²) < 4.78 is 1.67. The van der Waals surface area contributed by atoms with Gasteiger partial charge in [0.15, 0.2) is 0 Å². The van der Waals surface area contributed by atoms with Crippen molar-refractivity contribution in [1.29, 1.82) is 0 Å². The standard InChI is InChI=1S/C15H17N5O.2ClH/c21-15(19-7-12-5-16-6-13(12)8-19)11-2-1-3-14(4-11)20-10-17-9-18-20;;/h1-4,9-10,12-13,16H,5-8H2;2*1H/t12-,13+;;. The molecule has 6 nitrogen and oxygen atoms in total. The van der Waals surface area contributed by atoms with Crippen molar-refractivity contribution in [3.63, 3.8) is 0 Å². The highest BCUT2D eigenvalue weighted by Gasteiger charge is 2.38. The number of nitrogens with one attached hydrogen (secondary N) is 1. The summed E-state index contributed by atoms with van der Waals surface area (Å²) in [5, 5.41) is 7.50. The van der Waals surface area contributed by atoms with Gasteiger partial charge < -0.3 is 10.2 Å². The Hall–Kier alpha value is -1.63. The summed E-state index contributed by atoms with van der Waals surface area (Å²) in [6, 6.07) is 7.56. The number of hydrogen-bond donors (Lipinski definition) is 1. The maximum absolute atomic E-state index is 12.7. The number of halogens is 2. The number of aromatic nitrogens is 3. The summed E-state index contributed by atoms with van der Waals surface area (Å²) >= 11 is 0. The molecule has 124 valence electrons. The van der Waals surface area contributed by atoms with Crippen LogP contribution < -0.4 is 5.32 Å². The first-order valence-corrected chi connectivity index (χ1v) is 7.26. The lowest BCUT2D eigenvalue weighted by Gasteiger charge is -2.18. The Balaban J connectivity index is 0.000000960. The minimum atomic E-state index is 0. The quantitative estimate of drug-likeness (QED) is 0.884. The molecule has 2 saturated heterocycles. The van der Waals surface area contributed by atoms with E-state index in [9.17, 15) is 4.79 Å². The second-order valence-electron chi connectivity index (χ2n) is 5.78. The predicted octanol–water partition coefficient (Wildman–Crippen LogP) is 1.40. The number of rotatable bonds is 2. The fraction of sp³-hybridized carbons (Fsp3) is 0.400. The number of nitrogens with zero attached hydrogens (tertiary/aromatic N) is 4. The highest BCUT2D eigenvalue weighted by molar-refractivity contribution is 5.95. The molecule has 0 aliphatic carbocycles. The third kappa shape index (κ3) is 3.34. The van der Waals surface area contributed by atoms with Crippen molar-refractivity contribution >= 4 is 30.7 Å². The third-order valence-electron chi connectivity index (χ3n) is 4.45. The lowest BCUT2D eigenvalue weighted by molar-refractivity contribution is 0.0781. The Morgan fingerprint density at radius 1 is 1.17 bits per heavy atom. The Labute approximate surface area is 147 Å². The molecule has 2 aliphatic rings.